The highest BCUT2D eigenvalue weighted by Gasteiger charge is 2.49. The summed E-state index contributed by atoms with van der Waals surface area (Å²) >= 11 is 0. The van der Waals surface area contributed by atoms with Crippen molar-refractivity contribution in [1.29, 1.82) is 5.39 Å². The highest BCUT2D eigenvalue weighted by molar-refractivity contribution is 6.04. The van der Waals surface area contributed by atoms with E-state index in [4.69, 9.17) is 10.2 Å². The minimum absolute atomic E-state index is 0.0107. The fourth-order valence-corrected chi connectivity index (χ4v) is 4.93. The Balaban J connectivity index is 1.60. The van der Waals surface area contributed by atoms with Gasteiger partial charge in [-0.25, -0.2) is 0 Å². The van der Waals surface area contributed by atoms with Crippen LogP contribution in [0, 0.1) is 11.3 Å². The van der Waals surface area contributed by atoms with Gasteiger partial charge in [-0.2, -0.15) is 0 Å². The monoisotopic (exact) mass is 570 g/mol. The molecule has 0 saturated carbocycles. The van der Waals surface area contributed by atoms with Crippen LogP contribution in [-0.2, 0) is 20.8 Å². The highest BCUT2D eigenvalue weighted by Crippen LogP contribution is 2.32. The van der Waals surface area contributed by atoms with Crippen LogP contribution in [-0.4, -0.2) is 51.4 Å². The molecule has 3 atom stereocenters. The molecule has 0 spiro atoms. The number of benzene rings is 3. The lowest BCUT2D eigenvalue weighted by atomic mass is 9.84. The Morgan fingerprint density at radius 1 is 1.02 bits per heavy atom. The van der Waals surface area contributed by atoms with Crippen LogP contribution in [0.2, 0.25) is 0 Å². The summed E-state index contributed by atoms with van der Waals surface area (Å²) in [5, 5.41) is 40.1. The molecule has 4 N–H and O–H groups in total. The maximum absolute atomic E-state index is 13.8. The molecular formula is C31H32N5O6+. The van der Waals surface area contributed by atoms with E-state index < -0.39 is 41.7 Å². The van der Waals surface area contributed by atoms with Gasteiger partial charge >= 0.3 is 12.2 Å². The SMILES string of the molecule is CC(C)C(NC(=O)c1ccc2ccccc2c1)C1=NOC(Cc2ccccc2)(C(=O)N[C@@H](CC(=O)O)/C(O)=C/[N+]#N)C1. The number of fused-ring (bicyclic) bond motifs is 1. The van der Waals surface area contributed by atoms with Crippen LogP contribution in [0.3, 0.4) is 0 Å². The summed E-state index contributed by atoms with van der Waals surface area (Å²) < 4.78 is 0. The molecule has 11 nitrogen and oxygen atoms in total. The second-order valence-electron chi connectivity index (χ2n) is 10.6. The zero-order chi connectivity index (χ0) is 30.3. The smallest absolute Gasteiger partial charge is 0.389 e. The number of hydrogen-bond acceptors (Lipinski definition) is 7. The molecule has 1 aliphatic heterocycles. The van der Waals surface area contributed by atoms with Gasteiger partial charge in [-0.3, -0.25) is 14.4 Å². The van der Waals surface area contributed by atoms with Crippen LogP contribution < -0.4 is 10.6 Å². The summed E-state index contributed by atoms with van der Waals surface area (Å²) in [6, 6.07) is 20.3. The number of nitrogens with one attached hydrogen (secondary N) is 2. The van der Waals surface area contributed by atoms with E-state index in [9.17, 15) is 24.6 Å². The maximum Gasteiger partial charge on any atom is 0.389 e. The number of aliphatic hydroxyl groups is 1. The molecular weight excluding hydrogens is 538 g/mol. The Morgan fingerprint density at radius 3 is 2.38 bits per heavy atom. The van der Waals surface area contributed by atoms with Gasteiger partial charge in [0.15, 0.2) is 4.98 Å². The molecule has 1 heterocycles. The molecule has 2 amide bonds. The molecule has 1 aliphatic rings. The van der Waals surface area contributed by atoms with Gasteiger partial charge < -0.3 is 25.7 Å². The van der Waals surface area contributed by atoms with E-state index in [1.165, 1.54) is 0 Å². The van der Waals surface area contributed by atoms with E-state index in [1.807, 2.05) is 80.6 Å². The standard InChI is InChI=1S/C31H31N5O6/c1-19(2)28(35-29(40)23-13-12-21-10-6-7-11-22(21)14-23)25-17-31(42-36-25,16-20-8-4-3-5-9-20)30(41)34-24(15-27(38)39)26(37)18-33-32/h3-14,18-19,24,28H,15-17H2,1-2H3,(H3-,34,35,37,38,39,40,41)/p+1/b26-18-/t24-,28?,31?/m0/s1. The van der Waals surface area contributed by atoms with Gasteiger partial charge in [0.25, 0.3) is 11.8 Å². The molecule has 11 heteroatoms. The van der Waals surface area contributed by atoms with Crippen LogP contribution in [0.4, 0.5) is 0 Å². The van der Waals surface area contributed by atoms with Crippen molar-refractivity contribution < 1.29 is 29.4 Å². The number of amides is 2. The molecule has 3 aromatic carbocycles. The van der Waals surface area contributed by atoms with E-state index in [2.05, 4.69) is 20.8 Å². The summed E-state index contributed by atoms with van der Waals surface area (Å²) in [5.41, 5.74) is 0.0564. The molecule has 3 aromatic rings. The van der Waals surface area contributed by atoms with Crippen molar-refractivity contribution >= 4 is 34.3 Å². The quantitative estimate of drug-likeness (QED) is 0.194. The summed E-state index contributed by atoms with van der Waals surface area (Å²) in [7, 11) is 0. The number of carbonyl (C=O) groups excluding carboxylic acids is 2. The molecule has 0 aliphatic carbocycles. The number of carboxylic acids is 1. The summed E-state index contributed by atoms with van der Waals surface area (Å²) in [4.78, 5) is 47.1. The normalized spacial score (nSPS) is 18.0. The van der Waals surface area contributed by atoms with E-state index in [1.54, 1.807) is 6.07 Å². The molecule has 216 valence electrons. The van der Waals surface area contributed by atoms with Crippen LogP contribution in [0.1, 0.15) is 42.6 Å². The predicted octanol–water partition coefficient (Wildman–Crippen LogP) is 4.56. The lowest BCUT2D eigenvalue weighted by molar-refractivity contribution is -0.145. The molecule has 0 bridgehead atoms. The number of diazo groups is 1. The summed E-state index contributed by atoms with van der Waals surface area (Å²) in [6.45, 7) is 3.82. The first-order valence-corrected chi connectivity index (χ1v) is 13.5. The third kappa shape index (κ3) is 6.90. The van der Waals surface area contributed by atoms with E-state index >= 15 is 0 Å². The van der Waals surface area contributed by atoms with Gasteiger partial charge in [0.2, 0.25) is 16.8 Å². The van der Waals surface area contributed by atoms with Crippen LogP contribution >= 0.6 is 0 Å². The average Bonchev–Trinajstić information content (AvgIpc) is 3.40. The van der Waals surface area contributed by atoms with Crippen molar-refractivity contribution in [3.05, 3.63) is 101 Å². The Hall–Kier alpha value is -5.24. The summed E-state index contributed by atoms with van der Waals surface area (Å²) in [6.07, 6.45) is 0.0371. The molecule has 0 fully saturated rings. The Morgan fingerprint density at radius 2 is 1.71 bits per heavy atom. The van der Waals surface area contributed by atoms with Gasteiger partial charge in [0.1, 0.15) is 6.04 Å². The zero-order valence-corrected chi connectivity index (χ0v) is 23.2. The maximum atomic E-state index is 13.8. The number of nitrogens with zero attached hydrogens (tertiary/aromatic N) is 3. The van der Waals surface area contributed by atoms with Crippen LogP contribution in [0.15, 0.2) is 89.9 Å². The Bertz CT molecular complexity index is 1580. The predicted molar refractivity (Wildman–Crippen MR) is 156 cm³/mol. The fraction of sp³-hybridized carbons (Fsp3) is 0.290. The van der Waals surface area contributed by atoms with Crippen molar-refractivity contribution in [2.75, 3.05) is 0 Å². The van der Waals surface area contributed by atoms with Crippen molar-refractivity contribution in [3.63, 3.8) is 0 Å². The number of rotatable bonds is 11. The third-order valence-electron chi connectivity index (χ3n) is 7.11. The van der Waals surface area contributed by atoms with Gasteiger partial charge in [-0.15, -0.1) is 0 Å². The van der Waals surface area contributed by atoms with Crippen LogP contribution in [0.25, 0.3) is 15.7 Å². The van der Waals surface area contributed by atoms with Crippen molar-refractivity contribution in [1.82, 2.24) is 10.6 Å². The topological polar surface area (TPSA) is 165 Å². The van der Waals surface area contributed by atoms with Gasteiger partial charge in [0.05, 0.1) is 18.2 Å². The molecule has 0 radical (unpaired) electrons. The molecule has 0 saturated heterocycles. The first-order chi connectivity index (χ1) is 20.1. The first-order valence-electron chi connectivity index (χ1n) is 13.5. The molecule has 2 unspecified atom stereocenters. The number of aliphatic carboxylic acids is 1. The summed E-state index contributed by atoms with van der Waals surface area (Å²) in [5.74, 6) is -3.10. The van der Waals surface area contributed by atoms with Crippen molar-refractivity contribution in [2.45, 2.75) is 50.8 Å². The largest absolute Gasteiger partial charge is 0.504 e. The lowest BCUT2D eigenvalue weighted by Crippen LogP contribution is -2.54. The van der Waals surface area contributed by atoms with Gasteiger partial charge in [0, 0.05) is 18.4 Å². The van der Waals surface area contributed by atoms with E-state index in [-0.39, 0.29) is 24.7 Å². The fourth-order valence-electron chi connectivity index (χ4n) is 4.93. The van der Waals surface area contributed by atoms with E-state index in [0.717, 1.165) is 16.3 Å². The minimum Gasteiger partial charge on any atom is -0.504 e. The Kier molecular flexibility index (Phi) is 9.17. The number of aliphatic hydroxyl groups excluding tert-OH is 1. The number of hydrogen-bond donors (Lipinski definition) is 4. The first kappa shape index (κ1) is 29.7. The zero-order valence-electron chi connectivity index (χ0n) is 23.2. The number of carbonyl (C=O) groups is 3. The lowest BCUT2D eigenvalue weighted by Gasteiger charge is -2.28. The second-order valence-corrected chi connectivity index (χ2v) is 10.6. The number of carboxylic acid groups (broad SMARTS) is 1. The van der Waals surface area contributed by atoms with Gasteiger partial charge in [-0.05, 0) is 34.4 Å². The highest BCUT2D eigenvalue weighted by atomic mass is 16.7. The molecule has 4 rings (SSSR count). The third-order valence-corrected chi connectivity index (χ3v) is 7.11. The minimum atomic E-state index is -1.61. The van der Waals surface area contributed by atoms with Crippen molar-refractivity contribution in [3.8, 4) is 0 Å². The molecule has 42 heavy (non-hydrogen) atoms. The van der Waals surface area contributed by atoms with Gasteiger partial charge in [-0.1, -0.05) is 79.7 Å². The van der Waals surface area contributed by atoms with Crippen LogP contribution in [0.5, 0.6) is 0 Å². The number of oxime groups is 1. The second kappa shape index (κ2) is 13.0. The van der Waals surface area contributed by atoms with Crippen molar-refractivity contribution in [2.24, 2.45) is 11.1 Å². The average molecular weight is 571 g/mol. The van der Waals surface area contributed by atoms with E-state index in [0.29, 0.717) is 17.5 Å². The molecule has 0 aromatic heterocycles. The Labute approximate surface area is 242 Å².